The molecule has 0 atom stereocenters. The van der Waals surface area contributed by atoms with Crippen molar-refractivity contribution >= 4 is 6.72 Å². The molecule has 0 aromatic heterocycles. The van der Waals surface area contributed by atoms with E-state index in [4.69, 9.17) is 0 Å². The van der Waals surface area contributed by atoms with Crippen LogP contribution in [0.1, 0.15) is 13.8 Å². The van der Waals surface area contributed by atoms with E-state index in [2.05, 4.69) is 11.7 Å². The quantitative estimate of drug-likeness (QED) is 0.427. The van der Waals surface area contributed by atoms with E-state index in [1.54, 1.807) is 6.20 Å². The molecule has 0 aliphatic carbocycles. The standard InChI is InChI=1S/C5H9N/c1-5(2)4-6-3/h4H,3H2,1-2H3. The largest absolute Gasteiger partial charge is 0.273 e. The van der Waals surface area contributed by atoms with Crippen LogP contribution in [0.4, 0.5) is 0 Å². The van der Waals surface area contributed by atoms with Gasteiger partial charge in [-0.2, -0.15) is 0 Å². The Labute approximate surface area is 38.4 Å². The van der Waals surface area contributed by atoms with Gasteiger partial charge in [0.25, 0.3) is 0 Å². The lowest BCUT2D eigenvalue weighted by atomic mass is 10.4. The number of aliphatic imine (C=N–C) groups is 1. The molecule has 0 unspecified atom stereocenters. The summed E-state index contributed by atoms with van der Waals surface area (Å²) in [6, 6.07) is 0. The SMILES string of the molecule is C=NC=C(C)C. The lowest BCUT2D eigenvalue weighted by molar-refractivity contribution is 1.34. The second-order valence-corrected chi connectivity index (χ2v) is 1.39. The smallest absolute Gasteiger partial charge is 0.0246 e. The van der Waals surface area contributed by atoms with Gasteiger partial charge in [-0.25, -0.2) is 0 Å². The molecule has 0 amide bonds. The lowest BCUT2D eigenvalue weighted by Gasteiger charge is -1.75. The van der Waals surface area contributed by atoms with Crippen molar-refractivity contribution in [3.8, 4) is 0 Å². The second kappa shape index (κ2) is 2.64. The lowest BCUT2D eigenvalue weighted by Crippen LogP contribution is -1.55. The van der Waals surface area contributed by atoms with Crippen LogP contribution in [0.3, 0.4) is 0 Å². The monoisotopic (exact) mass is 83.1 g/mol. The third-order valence-corrected chi connectivity index (χ3v) is 0.349. The summed E-state index contributed by atoms with van der Waals surface area (Å²) in [5.74, 6) is 0. The Hall–Kier alpha value is -0.590. The molecule has 0 radical (unpaired) electrons. The van der Waals surface area contributed by atoms with Crippen LogP contribution in [0.25, 0.3) is 0 Å². The molecule has 1 heteroatoms. The van der Waals surface area contributed by atoms with Crippen molar-refractivity contribution in [3.63, 3.8) is 0 Å². The number of hydrogen-bond donors (Lipinski definition) is 0. The zero-order valence-corrected chi connectivity index (χ0v) is 4.23. The molecule has 6 heavy (non-hydrogen) atoms. The van der Waals surface area contributed by atoms with Gasteiger partial charge in [0.15, 0.2) is 0 Å². The highest BCUT2D eigenvalue weighted by Gasteiger charge is 1.64. The fourth-order valence-electron chi connectivity index (χ4n) is 0.183. The van der Waals surface area contributed by atoms with Crippen LogP contribution in [-0.4, -0.2) is 6.72 Å². The summed E-state index contributed by atoms with van der Waals surface area (Å²) in [4.78, 5) is 3.52. The second-order valence-electron chi connectivity index (χ2n) is 1.39. The highest BCUT2D eigenvalue weighted by molar-refractivity contribution is 5.26. The summed E-state index contributed by atoms with van der Waals surface area (Å²) in [6.45, 7) is 7.24. The summed E-state index contributed by atoms with van der Waals surface area (Å²) < 4.78 is 0. The minimum absolute atomic E-state index is 1.19. The first kappa shape index (κ1) is 5.41. The fraction of sp³-hybridized carbons (Fsp3) is 0.400. The van der Waals surface area contributed by atoms with Gasteiger partial charge in [-0.1, -0.05) is 5.57 Å². The molecular formula is C5H9N. The summed E-state index contributed by atoms with van der Waals surface area (Å²) >= 11 is 0. The van der Waals surface area contributed by atoms with Crippen LogP contribution in [0.2, 0.25) is 0 Å². The van der Waals surface area contributed by atoms with E-state index < -0.39 is 0 Å². The van der Waals surface area contributed by atoms with Crippen molar-refractivity contribution < 1.29 is 0 Å². The van der Waals surface area contributed by atoms with Gasteiger partial charge in [-0.05, 0) is 20.6 Å². The van der Waals surface area contributed by atoms with E-state index in [0.29, 0.717) is 0 Å². The van der Waals surface area contributed by atoms with E-state index in [0.717, 1.165) is 0 Å². The van der Waals surface area contributed by atoms with Gasteiger partial charge in [0.2, 0.25) is 0 Å². The maximum Gasteiger partial charge on any atom is 0.0246 e. The van der Waals surface area contributed by atoms with Gasteiger partial charge in [0.1, 0.15) is 0 Å². The zero-order valence-electron chi connectivity index (χ0n) is 4.23. The maximum atomic E-state index is 3.52. The Morgan fingerprint density at radius 1 is 1.67 bits per heavy atom. The summed E-state index contributed by atoms with van der Waals surface area (Å²) in [5.41, 5.74) is 1.19. The predicted molar refractivity (Wildman–Crippen MR) is 29.0 cm³/mol. The number of hydrogen-bond acceptors (Lipinski definition) is 1. The summed E-state index contributed by atoms with van der Waals surface area (Å²) in [6.07, 6.45) is 1.72. The number of nitrogens with zero attached hydrogens (tertiary/aromatic N) is 1. The van der Waals surface area contributed by atoms with Gasteiger partial charge >= 0.3 is 0 Å². The molecule has 0 N–H and O–H groups in total. The predicted octanol–water partition coefficient (Wildman–Crippen LogP) is 1.61. The van der Waals surface area contributed by atoms with Crippen LogP contribution in [0, 0.1) is 0 Å². The molecule has 1 nitrogen and oxygen atoms in total. The van der Waals surface area contributed by atoms with Crippen molar-refractivity contribution in [2.75, 3.05) is 0 Å². The molecule has 0 heterocycles. The van der Waals surface area contributed by atoms with Crippen LogP contribution < -0.4 is 0 Å². The van der Waals surface area contributed by atoms with Crippen molar-refractivity contribution in [3.05, 3.63) is 11.8 Å². The zero-order chi connectivity index (χ0) is 4.99. The minimum Gasteiger partial charge on any atom is -0.273 e. The fourth-order valence-corrected chi connectivity index (χ4v) is 0.183. The Bertz CT molecular complexity index is 68.0. The first-order valence-corrected chi connectivity index (χ1v) is 1.86. The summed E-state index contributed by atoms with van der Waals surface area (Å²) in [7, 11) is 0. The van der Waals surface area contributed by atoms with E-state index in [9.17, 15) is 0 Å². The highest BCUT2D eigenvalue weighted by Crippen LogP contribution is 1.84. The average molecular weight is 83.1 g/mol. The minimum atomic E-state index is 1.19. The van der Waals surface area contributed by atoms with Gasteiger partial charge < -0.3 is 0 Å². The molecule has 0 fully saturated rings. The molecule has 0 aliphatic heterocycles. The van der Waals surface area contributed by atoms with Gasteiger partial charge in [0.05, 0.1) is 0 Å². The van der Waals surface area contributed by atoms with Crippen LogP contribution in [0.5, 0.6) is 0 Å². The first-order valence-electron chi connectivity index (χ1n) is 1.86. The third-order valence-electron chi connectivity index (χ3n) is 0.349. The van der Waals surface area contributed by atoms with E-state index in [1.165, 1.54) is 5.57 Å². The van der Waals surface area contributed by atoms with Gasteiger partial charge in [-0.15, -0.1) is 0 Å². The van der Waals surface area contributed by atoms with E-state index >= 15 is 0 Å². The molecule has 0 saturated carbocycles. The molecular weight excluding hydrogens is 74.1 g/mol. The topological polar surface area (TPSA) is 12.4 Å². The molecule has 0 saturated heterocycles. The van der Waals surface area contributed by atoms with Crippen molar-refractivity contribution in [2.24, 2.45) is 4.99 Å². The Kier molecular flexibility index (Phi) is 2.38. The molecule has 0 spiro atoms. The van der Waals surface area contributed by atoms with Gasteiger partial charge in [0, 0.05) is 6.20 Å². The summed E-state index contributed by atoms with van der Waals surface area (Å²) in [5, 5.41) is 0. The first-order chi connectivity index (χ1) is 2.77. The third kappa shape index (κ3) is 3.41. The number of rotatable bonds is 1. The highest BCUT2D eigenvalue weighted by atomic mass is 14.6. The molecule has 34 valence electrons. The van der Waals surface area contributed by atoms with Crippen molar-refractivity contribution in [1.82, 2.24) is 0 Å². The molecule has 0 aromatic carbocycles. The Morgan fingerprint density at radius 3 is 2.17 bits per heavy atom. The van der Waals surface area contributed by atoms with E-state index in [-0.39, 0.29) is 0 Å². The van der Waals surface area contributed by atoms with Crippen LogP contribution in [-0.2, 0) is 0 Å². The number of allylic oxidation sites excluding steroid dienone is 1. The van der Waals surface area contributed by atoms with Crippen LogP contribution in [0.15, 0.2) is 16.8 Å². The molecule has 0 bridgehead atoms. The van der Waals surface area contributed by atoms with Crippen LogP contribution >= 0.6 is 0 Å². The molecule has 0 rings (SSSR count). The molecule has 0 aromatic rings. The van der Waals surface area contributed by atoms with E-state index in [1.807, 2.05) is 13.8 Å². The normalized spacial score (nSPS) is 7.00. The maximum absolute atomic E-state index is 3.52. The van der Waals surface area contributed by atoms with Gasteiger partial charge in [-0.3, -0.25) is 4.99 Å². The Morgan fingerprint density at radius 2 is 2.17 bits per heavy atom. The average Bonchev–Trinajstić information content (AvgIpc) is 1.35. The molecule has 0 aliphatic rings. The Balaban J connectivity index is 3.41. The van der Waals surface area contributed by atoms with Crippen molar-refractivity contribution in [2.45, 2.75) is 13.8 Å². The van der Waals surface area contributed by atoms with Crippen molar-refractivity contribution in [1.29, 1.82) is 0 Å².